The lowest BCUT2D eigenvalue weighted by atomic mass is 10.0. The Morgan fingerprint density at radius 3 is 1.52 bits per heavy atom. The minimum Gasteiger partial charge on any atom is -0.0616 e. The van der Waals surface area contributed by atoms with Gasteiger partial charge in [-0.15, -0.1) is 0 Å². The van der Waals surface area contributed by atoms with E-state index in [0.717, 1.165) is 6.42 Å². The zero-order valence-corrected chi connectivity index (χ0v) is 12.8. The second-order valence-corrected chi connectivity index (χ2v) is 6.36. The van der Waals surface area contributed by atoms with Crippen LogP contribution >= 0.6 is 0 Å². The summed E-state index contributed by atoms with van der Waals surface area (Å²) < 4.78 is 0. The van der Waals surface area contributed by atoms with Gasteiger partial charge < -0.3 is 0 Å². The third-order valence-electron chi connectivity index (χ3n) is 4.72. The van der Waals surface area contributed by atoms with E-state index in [-0.39, 0.29) is 0 Å². The molecule has 0 saturated carbocycles. The zero-order valence-electron chi connectivity index (χ0n) is 12.8. The summed E-state index contributed by atoms with van der Waals surface area (Å²) in [7, 11) is 0. The average molecular weight is 292 g/mol. The Balaban J connectivity index is 1.87. The maximum atomic E-state index is 2.35. The SMILES string of the molecule is C1=C2C=c3cc4ccccc4cc3=CC(=Cc3ccccc31)C2. The number of hydrogen-bond acceptors (Lipinski definition) is 0. The first kappa shape index (κ1) is 12.7. The van der Waals surface area contributed by atoms with Gasteiger partial charge in [0.1, 0.15) is 0 Å². The Bertz CT molecular complexity index is 1030. The van der Waals surface area contributed by atoms with Gasteiger partial charge in [-0.1, -0.05) is 72.8 Å². The Morgan fingerprint density at radius 1 is 0.522 bits per heavy atom. The fourth-order valence-electron chi connectivity index (χ4n) is 3.62. The average Bonchev–Trinajstić information content (AvgIpc) is 2.83. The topological polar surface area (TPSA) is 0 Å². The highest BCUT2D eigenvalue weighted by Gasteiger charge is 2.10. The standard InChI is InChI=1S/C23H16/c1-2-6-19-11-17-9-16(10-18(19)5-1)12-22-14-20-7-3-4-8-21(20)15-23(22)13-17/h1-8,10-15H,9H2. The van der Waals surface area contributed by atoms with Crippen molar-refractivity contribution in [1.82, 2.24) is 0 Å². The van der Waals surface area contributed by atoms with Crippen molar-refractivity contribution in [2.24, 2.45) is 0 Å². The van der Waals surface area contributed by atoms with Crippen LogP contribution in [-0.4, -0.2) is 0 Å². The van der Waals surface area contributed by atoms with Gasteiger partial charge in [0.05, 0.1) is 0 Å². The highest BCUT2D eigenvalue weighted by Crippen LogP contribution is 2.27. The molecular formula is C23H16. The molecule has 2 bridgehead atoms. The van der Waals surface area contributed by atoms with Crippen molar-refractivity contribution in [2.75, 3.05) is 0 Å². The second kappa shape index (κ2) is 4.82. The molecule has 0 aliphatic heterocycles. The van der Waals surface area contributed by atoms with E-state index in [4.69, 9.17) is 0 Å². The van der Waals surface area contributed by atoms with Gasteiger partial charge in [-0.05, 0) is 62.0 Å². The lowest BCUT2D eigenvalue weighted by Crippen LogP contribution is -2.23. The van der Waals surface area contributed by atoms with Crippen molar-refractivity contribution in [2.45, 2.75) is 6.42 Å². The summed E-state index contributed by atoms with van der Waals surface area (Å²) in [6.45, 7) is 0. The maximum absolute atomic E-state index is 2.35. The second-order valence-electron chi connectivity index (χ2n) is 6.36. The van der Waals surface area contributed by atoms with Crippen molar-refractivity contribution in [3.63, 3.8) is 0 Å². The van der Waals surface area contributed by atoms with Crippen molar-refractivity contribution in [1.29, 1.82) is 0 Å². The summed E-state index contributed by atoms with van der Waals surface area (Å²) in [6, 6.07) is 21.8. The molecule has 0 spiro atoms. The smallest absolute Gasteiger partial charge is 0.00249 e. The van der Waals surface area contributed by atoms with E-state index in [9.17, 15) is 0 Å². The van der Waals surface area contributed by atoms with Crippen molar-refractivity contribution < 1.29 is 0 Å². The van der Waals surface area contributed by atoms with Gasteiger partial charge in [0.25, 0.3) is 0 Å². The molecule has 23 heavy (non-hydrogen) atoms. The third kappa shape index (κ3) is 2.15. The number of allylic oxidation sites excluding steroid dienone is 2. The Kier molecular flexibility index (Phi) is 2.65. The van der Waals surface area contributed by atoms with E-state index < -0.39 is 0 Å². The van der Waals surface area contributed by atoms with Crippen LogP contribution in [0.25, 0.3) is 35.1 Å². The lowest BCUT2D eigenvalue weighted by molar-refractivity contribution is 1.30. The first-order chi connectivity index (χ1) is 11.3. The Hall–Kier alpha value is -2.86. The van der Waals surface area contributed by atoms with Gasteiger partial charge >= 0.3 is 0 Å². The van der Waals surface area contributed by atoms with Crippen molar-refractivity contribution >= 4 is 35.1 Å². The fourth-order valence-corrected chi connectivity index (χ4v) is 3.62. The minimum atomic E-state index is 1.000. The molecule has 0 radical (unpaired) electrons. The summed E-state index contributed by atoms with van der Waals surface area (Å²) in [5.74, 6) is 0. The largest absolute Gasteiger partial charge is 0.0616 e. The highest BCUT2D eigenvalue weighted by molar-refractivity contribution is 5.86. The van der Waals surface area contributed by atoms with Crippen LogP contribution in [0.4, 0.5) is 0 Å². The molecule has 0 unspecified atom stereocenters. The molecular weight excluding hydrogens is 276 g/mol. The van der Waals surface area contributed by atoms with E-state index in [1.807, 2.05) is 0 Å². The van der Waals surface area contributed by atoms with Crippen LogP contribution in [0.1, 0.15) is 17.5 Å². The Labute approximate surface area is 135 Å². The monoisotopic (exact) mass is 292 g/mol. The number of benzene rings is 3. The first-order valence-electron chi connectivity index (χ1n) is 8.08. The summed E-state index contributed by atoms with van der Waals surface area (Å²) in [5, 5.41) is 5.25. The van der Waals surface area contributed by atoms with Crippen LogP contribution in [-0.2, 0) is 0 Å². The van der Waals surface area contributed by atoms with Crippen LogP contribution in [0.15, 0.2) is 71.8 Å². The van der Waals surface area contributed by atoms with E-state index >= 15 is 0 Å². The molecule has 0 saturated heterocycles. The molecule has 0 fully saturated rings. The number of hydrogen-bond donors (Lipinski definition) is 0. The molecule has 0 nitrogen and oxygen atoms in total. The molecule has 0 aromatic heterocycles. The lowest BCUT2D eigenvalue weighted by Gasteiger charge is -2.01. The molecule has 0 heterocycles. The van der Waals surface area contributed by atoms with E-state index in [0.29, 0.717) is 0 Å². The summed E-state index contributed by atoms with van der Waals surface area (Å²) in [5.41, 5.74) is 5.38. The normalized spacial score (nSPS) is 15.1. The number of fused-ring (bicyclic) bond motifs is 5. The molecule has 0 atom stereocenters. The third-order valence-corrected chi connectivity index (χ3v) is 4.72. The summed E-state index contributed by atoms with van der Waals surface area (Å²) >= 11 is 0. The summed E-state index contributed by atoms with van der Waals surface area (Å²) in [6.07, 6.45) is 10.4. The Morgan fingerprint density at radius 2 is 1.00 bits per heavy atom. The molecule has 108 valence electrons. The predicted molar refractivity (Wildman–Crippen MR) is 99.1 cm³/mol. The van der Waals surface area contributed by atoms with Crippen LogP contribution < -0.4 is 10.4 Å². The van der Waals surface area contributed by atoms with Gasteiger partial charge in [-0.25, -0.2) is 0 Å². The summed E-state index contributed by atoms with van der Waals surface area (Å²) in [4.78, 5) is 0. The molecule has 5 rings (SSSR count). The van der Waals surface area contributed by atoms with Crippen LogP contribution in [0, 0.1) is 0 Å². The van der Waals surface area contributed by atoms with Crippen LogP contribution in [0.2, 0.25) is 0 Å². The molecule has 2 aliphatic carbocycles. The van der Waals surface area contributed by atoms with Gasteiger partial charge in [0.2, 0.25) is 0 Å². The molecule has 3 aromatic rings. The van der Waals surface area contributed by atoms with E-state index in [1.54, 1.807) is 0 Å². The maximum Gasteiger partial charge on any atom is -0.00249 e. The van der Waals surface area contributed by atoms with Gasteiger partial charge in [-0.3, -0.25) is 0 Å². The molecule has 2 aliphatic rings. The highest BCUT2D eigenvalue weighted by atomic mass is 14.1. The predicted octanol–water partition coefficient (Wildman–Crippen LogP) is 4.29. The van der Waals surface area contributed by atoms with Crippen LogP contribution in [0.3, 0.4) is 0 Å². The molecule has 0 N–H and O–H groups in total. The van der Waals surface area contributed by atoms with Gasteiger partial charge in [0, 0.05) is 0 Å². The molecule has 0 heteroatoms. The first-order valence-corrected chi connectivity index (χ1v) is 8.08. The van der Waals surface area contributed by atoms with E-state index in [2.05, 4.69) is 85.0 Å². The van der Waals surface area contributed by atoms with Gasteiger partial charge in [-0.2, -0.15) is 0 Å². The van der Waals surface area contributed by atoms with E-state index in [1.165, 1.54) is 43.5 Å². The zero-order chi connectivity index (χ0) is 15.2. The van der Waals surface area contributed by atoms with Gasteiger partial charge in [0.15, 0.2) is 0 Å². The number of rotatable bonds is 0. The minimum absolute atomic E-state index is 1.000. The van der Waals surface area contributed by atoms with Crippen molar-refractivity contribution in [3.05, 3.63) is 93.4 Å². The fraction of sp³-hybridized carbons (Fsp3) is 0.0435. The van der Waals surface area contributed by atoms with Crippen LogP contribution in [0.5, 0.6) is 0 Å². The van der Waals surface area contributed by atoms with Crippen molar-refractivity contribution in [3.8, 4) is 0 Å². The molecule has 0 amide bonds. The quantitative estimate of drug-likeness (QED) is 0.580. The molecule has 3 aromatic carbocycles.